The molecule has 0 heterocycles. The topological polar surface area (TPSA) is 38.3 Å². The first-order valence-corrected chi connectivity index (χ1v) is 8.33. The second-order valence-electron chi connectivity index (χ2n) is 4.93. The summed E-state index contributed by atoms with van der Waals surface area (Å²) in [5, 5.41) is 4.03. The molecule has 0 bridgehead atoms. The number of hydrogen-bond donors (Lipinski definition) is 1. The summed E-state index contributed by atoms with van der Waals surface area (Å²) in [7, 11) is 0. The second kappa shape index (κ2) is 8.44. The van der Waals surface area contributed by atoms with Crippen LogP contribution >= 0.6 is 34.8 Å². The van der Waals surface area contributed by atoms with Crippen molar-refractivity contribution in [3.63, 3.8) is 0 Å². The van der Waals surface area contributed by atoms with Crippen LogP contribution in [0.2, 0.25) is 15.1 Å². The van der Waals surface area contributed by atoms with E-state index in [1.807, 2.05) is 0 Å². The first-order chi connectivity index (χ1) is 11.0. The molecule has 0 unspecified atom stereocenters. The third-order valence-electron chi connectivity index (χ3n) is 3.12. The Kier molecular flexibility index (Phi) is 6.58. The Morgan fingerprint density at radius 3 is 2.57 bits per heavy atom. The minimum Gasteiger partial charge on any atom is -0.493 e. The van der Waals surface area contributed by atoms with Crippen molar-refractivity contribution in [2.24, 2.45) is 0 Å². The first kappa shape index (κ1) is 17.9. The molecule has 0 spiro atoms. The zero-order valence-corrected chi connectivity index (χ0v) is 14.8. The van der Waals surface area contributed by atoms with E-state index < -0.39 is 0 Å². The zero-order valence-electron chi connectivity index (χ0n) is 12.5. The fourth-order valence-corrected chi connectivity index (χ4v) is 2.37. The third-order valence-corrected chi connectivity index (χ3v) is 4.09. The summed E-state index contributed by atoms with van der Waals surface area (Å²) in [6, 6.07) is 9.85. The molecule has 1 N–H and O–H groups in total. The molecule has 0 aromatic heterocycles. The Morgan fingerprint density at radius 2 is 1.87 bits per heavy atom. The van der Waals surface area contributed by atoms with Crippen LogP contribution in [0, 0.1) is 0 Å². The molecule has 122 valence electrons. The quantitative estimate of drug-likeness (QED) is 0.624. The Balaban J connectivity index is 2.19. The number of unbranched alkanes of at least 4 members (excludes halogenated alkanes) is 1. The average molecular weight is 373 g/mol. The number of hydrogen-bond acceptors (Lipinski definition) is 2. The molecule has 3 nitrogen and oxygen atoms in total. The zero-order chi connectivity index (χ0) is 16.8. The molecule has 2 aromatic carbocycles. The average Bonchev–Trinajstić information content (AvgIpc) is 2.52. The van der Waals surface area contributed by atoms with Crippen LogP contribution in [0.1, 0.15) is 30.1 Å². The highest BCUT2D eigenvalue weighted by Crippen LogP contribution is 2.27. The number of anilines is 1. The van der Waals surface area contributed by atoms with Gasteiger partial charge in [0.2, 0.25) is 0 Å². The van der Waals surface area contributed by atoms with Crippen LogP contribution in [0.4, 0.5) is 5.69 Å². The van der Waals surface area contributed by atoms with E-state index in [1.54, 1.807) is 36.4 Å². The minimum absolute atomic E-state index is 0.322. The summed E-state index contributed by atoms with van der Waals surface area (Å²) in [5.41, 5.74) is 0.920. The molecule has 0 aliphatic rings. The van der Waals surface area contributed by atoms with Crippen LogP contribution in [-0.4, -0.2) is 12.5 Å². The number of ether oxygens (including phenoxy) is 1. The molecular formula is C17H16Cl3NO2. The van der Waals surface area contributed by atoms with Crippen LogP contribution in [0.15, 0.2) is 36.4 Å². The Bertz CT molecular complexity index is 704. The molecule has 0 aliphatic heterocycles. The van der Waals surface area contributed by atoms with Crippen molar-refractivity contribution in [1.29, 1.82) is 0 Å². The first-order valence-electron chi connectivity index (χ1n) is 7.20. The van der Waals surface area contributed by atoms with Gasteiger partial charge >= 0.3 is 0 Å². The van der Waals surface area contributed by atoms with E-state index in [4.69, 9.17) is 39.5 Å². The van der Waals surface area contributed by atoms with Gasteiger partial charge in [-0.3, -0.25) is 4.79 Å². The predicted molar refractivity (Wildman–Crippen MR) is 96.3 cm³/mol. The fraction of sp³-hybridized carbons (Fsp3) is 0.235. The Labute approximate surface area is 150 Å². The molecule has 2 aromatic rings. The highest BCUT2D eigenvalue weighted by molar-refractivity contribution is 6.42. The maximum absolute atomic E-state index is 12.5. The fourth-order valence-electron chi connectivity index (χ4n) is 1.90. The number of nitrogens with one attached hydrogen (secondary N) is 1. The Hall–Kier alpha value is -1.42. The summed E-state index contributed by atoms with van der Waals surface area (Å²) in [5.74, 6) is 0.179. The molecule has 0 atom stereocenters. The number of halogens is 3. The standard InChI is InChI=1S/C17H16Cl3NO2/c1-2-3-8-23-16-7-4-11(18)9-13(16)17(22)21-12-5-6-14(19)15(20)10-12/h4-7,9-10H,2-3,8H2,1H3,(H,21,22). The largest absolute Gasteiger partial charge is 0.493 e. The van der Waals surface area contributed by atoms with Crippen molar-refractivity contribution in [2.75, 3.05) is 11.9 Å². The molecule has 0 radical (unpaired) electrons. The molecule has 23 heavy (non-hydrogen) atoms. The van der Waals surface area contributed by atoms with E-state index in [1.165, 1.54) is 0 Å². The molecule has 1 amide bonds. The molecule has 0 saturated carbocycles. The molecule has 0 saturated heterocycles. The lowest BCUT2D eigenvalue weighted by molar-refractivity contribution is 0.102. The number of amides is 1. The third kappa shape index (κ3) is 5.03. The number of carbonyl (C=O) groups excluding carboxylic acids is 1. The van der Waals surface area contributed by atoms with Crippen molar-refractivity contribution < 1.29 is 9.53 Å². The van der Waals surface area contributed by atoms with Gasteiger partial charge in [0.1, 0.15) is 5.75 Å². The van der Waals surface area contributed by atoms with Gasteiger partial charge in [-0.1, -0.05) is 48.1 Å². The monoisotopic (exact) mass is 371 g/mol. The summed E-state index contributed by atoms with van der Waals surface area (Å²) < 4.78 is 5.67. The molecule has 2 rings (SSSR count). The molecule has 0 fully saturated rings. The van der Waals surface area contributed by atoms with Crippen molar-refractivity contribution in [1.82, 2.24) is 0 Å². The summed E-state index contributed by atoms with van der Waals surface area (Å²) in [6.45, 7) is 2.62. The number of carbonyl (C=O) groups is 1. The van der Waals surface area contributed by atoms with Crippen LogP contribution in [0.5, 0.6) is 5.75 Å². The van der Waals surface area contributed by atoms with Gasteiger partial charge < -0.3 is 10.1 Å². The minimum atomic E-state index is -0.322. The van der Waals surface area contributed by atoms with E-state index in [2.05, 4.69) is 12.2 Å². The Morgan fingerprint density at radius 1 is 1.09 bits per heavy atom. The van der Waals surface area contributed by atoms with Gasteiger partial charge in [0, 0.05) is 10.7 Å². The van der Waals surface area contributed by atoms with Crippen LogP contribution in [0.3, 0.4) is 0 Å². The van der Waals surface area contributed by atoms with Gasteiger partial charge in [-0.25, -0.2) is 0 Å². The van der Waals surface area contributed by atoms with Crippen molar-refractivity contribution in [3.8, 4) is 5.75 Å². The van der Waals surface area contributed by atoms with Gasteiger partial charge in [-0.2, -0.15) is 0 Å². The van der Waals surface area contributed by atoms with E-state index in [9.17, 15) is 4.79 Å². The van der Waals surface area contributed by atoms with E-state index in [-0.39, 0.29) is 5.91 Å². The molecule has 6 heteroatoms. The van der Waals surface area contributed by atoms with Gasteiger partial charge in [-0.15, -0.1) is 0 Å². The van der Waals surface area contributed by atoms with Gasteiger partial charge in [0.15, 0.2) is 0 Å². The van der Waals surface area contributed by atoms with Crippen molar-refractivity contribution in [2.45, 2.75) is 19.8 Å². The van der Waals surface area contributed by atoms with E-state index >= 15 is 0 Å². The highest BCUT2D eigenvalue weighted by atomic mass is 35.5. The molecule has 0 aliphatic carbocycles. The van der Waals surface area contributed by atoms with E-state index in [0.717, 1.165) is 12.8 Å². The highest BCUT2D eigenvalue weighted by Gasteiger charge is 2.14. The second-order valence-corrected chi connectivity index (χ2v) is 6.18. The lowest BCUT2D eigenvalue weighted by atomic mass is 10.1. The van der Waals surface area contributed by atoms with Crippen LogP contribution < -0.4 is 10.1 Å². The van der Waals surface area contributed by atoms with Crippen LogP contribution in [-0.2, 0) is 0 Å². The van der Waals surface area contributed by atoms with E-state index in [0.29, 0.717) is 38.7 Å². The summed E-state index contributed by atoms with van der Waals surface area (Å²) in [4.78, 5) is 12.5. The van der Waals surface area contributed by atoms with Gasteiger partial charge in [0.25, 0.3) is 5.91 Å². The predicted octanol–water partition coefficient (Wildman–Crippen LogP) is 6.08. The van der Waals surface area contributed by atoms with Gasteiger partial charge in [-0.05, 0) is 42.8 Å². The summed E-state index contributed by atoms with van der Waals surface area (Å²) in [6.07, 6.45) is 1.93. The van der Waals surface area contributed by atoms with Crippen molar-refractivity contribution in [3.05, 3.63) is 57.0 Å². The maximum Gasteiger partial charge on any atom is 0.259 e. The van der Waals surface area contributed by atoms with Crippen molar-refractivity contribution >= 4 is 46.4 Å². The lowest BCUT2D eigenvalue weighted by Crippen LogP contribution is -2.14. The number of rotatable bonds is 6. The SMILES string of the molecule is CCCCOc1ccc(Cl)cc1C(=O)Nc1ccc(Cl)c(Cl)c1. The van der Waals surface area contributed by atoms with Gasteiger partial charge in [0.05, 0.1) is 22.2 Å². The van der Waals surface area contributed by atoms with Crippen LogP contribution in [0.25, 0.3) is 0 Å². The smallest absolute Gasteiger partial charge is 0.259 e. The molecular weight excluding hydrogens is 357 g/mol. The maximum atomic E-state index is 12.5. The number of benzene rings is 2. The summed E-state index contributed by atoms with van der Waals surface area (Å²) >= 11 is 17.8. The lowest BCUT2D eigenvalue weighted by Gasteiger charge is -2.12. The normalized spacial score (nSPS) is 10.4.